The van der Waals surface area contributed by atoms with Gasteiger partial charge in [-0.05, 0) is 31.7 Å². The van der Waals surface area contributed by atoms with Crippen LogP contribution in [0.1, 0.15) is 12.5 Å². The van der Waals surface area contributed by atoms with Gasteiger partial charge >= 0.3 is 0 Å². The summed E-state index contributed by atoms with van der Waals surface area (Å²) in [6.07, 6.45) is 0. The lowest BCUT2D eigenvalue weighted by Gasteiger charge is -2.30. The van der Waals surface area contributed by atoms with Crippen molar-refractivity contribution in [3.63, 3.8) is 0 Å². The third kappa shape index (κ3) is 3.37. The summed E-state index contributed by atoms with van der Waals surface area (Å²) in [5, 5.41) is 7.89. The minimum atomic E-state index is 0.571. The Kier molecular flexibility index (Phi) is 4.49. The molecule has 0 aliphatic carbocycles. The molecule has 18 heavy (non-hydrogen) atoms. The van der Waals surface area contributed by atoms with Gasteiger partial charge < -0.3 is 4.90 Å². The van der Waals surface area contributed by atoms with Crippen LogP contribution in [0, 0.1) is 0 Å². The molecule has 0 bridgehead atoms. The first-order chi connectivity index (χ1) is 8.56. The van der Waals surface area contributed by atoms with Gasteiger partial charge in [-0.15, -0.1) is 0 Å². The highest BCUT2D eigenvalue weighted by atomic mass is 35.5. The molecule has 1 aliphatic heterocycles. The van der Waals surface area contributed by atoms with Gasteiger partial charge in [0.1, 0.15) is 0 Å². The zero-order chi connectivity index (χ0) is 13.1. The van der Waals surface area contributed by atoms with E-state index in [2.05, 4.69) is 22.1 Å². The Balaban J connectivity index is 2.10. The highest BCUT2D eigenvalue weighted by molar-refractivity contribution is 6.42. The second-order valence-corrected chi connectivity index (χ2v) is 5.39. The quantitative estimate of drug-likeness (QED) is 0.778. The van der Waals surface area contributed by atoms with Crippen LogP contribution in [0.15, 0.2) is 23.3 Å². The molecule has 0 radical (unpaired) electrons. The molecule has 1 saturated heterocycles. The molecule has 0 amide bonds. The molecule has 2 rings (SSSR count). The van der Waals surface area contributed by atoms with E-state index in [-0.39, 0.29) is 0 Å². The van der Waals surface area contributed by atoms with Crippen LogP contribution in [0.3, 0.4) is 0 Å². The molecule has 1 aromatic rings. The SMILES string of the molecule is CC(=NN1CCN(C)CC1)c1ccc(Cl)c(Cl)c1. The van der Waals surface area contributed by atoms with Gasteiger partial charge in [0.15, 0.2) is 0 Å². The number of rotatable bonds is 2. The van der Waals surface area contributed by atoms with E-state index in [1.807, 2.05) is 25.1 Å². The van der Waals surface area contributed by atoms with E-state index in [9.17, 15) is 0 Å². The van der Waals surface area contributed by atoms with E-state index in [0.29, 0.717) is 10.0 Å². The second kappa shape index (κ2) is 5.91. The maximum atomic E-state index is 6.01. The standard InChI is InChI=1S/C13H17Cl2N3/c1-10(11-3-4-12(14)13(15)9-11)16-18-7-5-17(2)6-8-18/h3-4,9H,5-8H2,1-2H3. The molecule has 1 fully saturated rings. The van der Waals surface area contributed by atoms with Crippen molar-refractivity contribution in [2.24, 2.45) is 5.10 Å². The number of piperazine rings is 1. The zero-order valence-electron chi connectivity index (χ0n) is 10.7. The van der Waals surface area contributed by atoms with E-state index in [1.165, 1.54) is 0 Å². The fraction of sp³-hybridized carbons (Fsp3) is 0.462. The predicted octanol–water partition coefficient (Wildman–Crippen LogP) is 2.96. The Bertz CT molecular complexity index is 452. The van der Waals surface area contributed by atoms with Gasteiger partial charge in [0.05, 0.1) is 15.8 Å². The first-order valence-corrected chi connectivity index (χ1v) is 6.76. The lowest BCUT2D eigenvalue weighted by molar-refractivity contribution is 0.159. The highest BCUT2D eigenvalue weighted by Crippen LogP contribution is 2.23. The molecular formula is C13H17Cl2N3. The van der Waals surface area contributed by atoms with E-state index < -0.39 is 0 Å². The summed E-state index contributed by atoms with van der Waals surface area (Å²) in [6.45, 7) is 6.04. The largest absolute Gasteiger partial charge is 0.303 e. The molecule has 1 aromatic carbocycles. The number of benzene rings is 1. The van der Waals surface area contributed by atoms with Gasteiger partial charge in [0, 0.05) is 26.2 Å². The summed E-state index contributed by atoms with van der Waals surface area (Å²) in [4.78, 5) is 2.31. The van der Waals surface area contributed by atoms with Crippen LogP contribution < -0.4 is 0 Å². The van der Waals surface area contributed by atoms with Crippen molar-refractivity contribution in [2.75, 3.05) is 33.2 Å². The van der Waals surface area contributed by atoms with E-state index in [0.717, 1.165) is 37.5 Å². The first-order valence-electron chi connectivity index (χ1n) is 6.00. The number of nitrogens with zero attached hydrogens (tertiary/aromatic N) is 3. The van der Waals surface area contributed by atoms with Gasteiger partial charge in [-0.3, -0.25) is 5.01 Å². The minimum absolute atomic E-state index is 0.571. The van der Waals surface area contributed by atoms with Crippen LogP contribution in [0.5, 0.6) is 0 Å². The average molecular weight is 286 g/mol. The van der Waals surface area contributed by atoms with Crippen LogP contribution in [0.25, 0.3) is 0 Å². The first kappa shape index (κ1) is 13.7. The van der Waals surface area contributed by atoms with E-state index in [4.69, 9.17) is 23.2 Å². The molecule has 0 spiro atoms. The van der Waals surface area contributed by atoms with E-state index in [1.54, 1.807) is 0 Å². The fourth-order valence-electron chi connectivity index (χ4n) is 1.89. The molecule has 98 valence electrons. The third-order valence-electron chi connectivity index (χ3n) is 3.11. The number of halogens is 2. The zero-order valence-corrected chi connectivity index (χ0v) is 12.2. The maximum absolute atomic E-state index is 6.01. The van der Waals surface area contributed by atoms with Crippen molar-refractivity contribution < 1.29 is 0 Å². The summed E-state index contributed by atoms with van der Waals surface area (Å²) in [5.41, 5.74) is 1.99. The van der Waals surface area contributed by atoms with Crippen molar-refractivity contribution in [1.29, 1.82) is 0 Å². The maximum Gasteiger partial charge on any atom is 0.0647 e. The Hall–Kier alpha value is -0.770. The molecule has 5 heteroatoms. The monoisotopic (exact) mass is 285 g/mol. The predicted molar refractivity (Wildman–Crippen MR) is 77.7 cm³/mol. The van der Waals surface area contributed by atoms with Gasteiger partial charge in [-0.2, -0.15) is 5.10 Å². The number of likely N-dealkylation sites (N-methyl/N-ethyl adjacent to an activating group) is 1. The van der Waals surface area contributed by atoms with Crippen molar-refractivity contribution in [2.45, 2.75) is 6.92 Å². The minimum Gasteiger partial charge on any atom is -0.303 e. The molecule has 0 N–H and O–H groups in total. The Labute approximate surface area is 118 Å². The van der Waals surface area contributed by atoms with Crippen LogP contribution in [0.2, 0.25) is 10.0 Å². The summed E-state index contributed by atoms with van der Waals surface area (Å²) < 4.78 is 0. The normalized spacial score (nSPS) is 18.2. The number of hydrazone groups is 1. The van der Waals surface area contributed by atoms with Gasteiger partial charge in [0.2, 0.25) is 0 Å². The lowest BCUT2D eigenvalue weighted by Crippen LogP contribution is -2.42. The highest BCUT2D eigenvalue weighted by Gasteiger charge is 2.12. The fourth-order valence-corrected chi connectivity index (χ4v) is 2.19. The van der Waals surface area contributed by atoms with Crippen molar-refractivity contribution >= 4 is 28.9 Å². The molecule has 1 aliphatic rings. The van der Waals surface area contributed by atoms with Crippen LogP contribution in [-0.4, -0.2) is 48.8 Å². The summed E-state index contributed by atoms with van der Waals surface area (Å²) >= 11 is 11.9. The molecule has 1 heterocycles. The molecule has 0 atom stereocenters. The molecule has 0 unspecified atom stereocenters. The van der Waals surface area contributed by atoms with Crippen LogP contribution >= 0.6 is 23.2 Å². The smallest absolute Gasteiger partial charge is 0.0647 e. The molecule has 0 aromatic heterocycles. The number of hydrogen-bond donors (Lipinski definition) is 0. The summed E-state index contributed by atoms with van der Waals surface area (Å²) in [7, 11) is 2.13. The summed E-state index contributed by atoms with van der Waals surface area (Å²) in [5.74, 6) is 0. The Morgan fingerprint density at radius 2 is 1.78 bits per heavy atom. The van der Waals surface area contributed by atoms with Crippen molar-refractivity contribution in [3.8, 4) is 0 Å². The lowest BCUT2D eigenvalue weighted by atomic mass is 10.1. The molecule has 3 nitrogen and oxygen atoms in total. The molecular weight excluding hydrogens is 269 g/mol. The van der Waals surface area contributed by atoms with Gasteiger partial charge in [0.25, 0.3) is 0 Å². The number of hydrogen-bond acceptors (Lipinski definition) is 3. The van der Waals surface area contributed by atoms with Crippen molar-refractivity contribution in [3.05, 3.63) is 33.8 Å². The van der Waals surface area contributed by atoms with Gasteiger partial charge in [-0.25, -0.2) is 0 Å². The molecule has 0 saturated carbocycles. The third-order valence-corrected chi connectivity index (χ3v) is 3.85. The van der Waals surface area contributed by atoms with Gasteiger partial charge in [-0.1, -0.05) is 29.3 Å². The van der Waals surface area contributed by atoms with E-state index >= 15 is 0 Å². The Morgan fingerprint density at radius 1 is 1.11 bits per heavy atom. The summed E-state index contributed by atoms with van der Waals surface area (Å²) in [6, 6.07) is 5.62. The van der Waals surface area contributed by atoms with Crippen LogP contribution in [-0.2, 0) is 0 Å². The average Bonchev–Trinajstić information content (AvgIpc) is 2.35. The van der Waals surface area contributed by atoms with Crippen LogP contribution in [0.4, 0.5) is 0 Å². The topological polar surface area (TPSA) is 18.8 Å². The second-order valence-electron chi connectivity index (χ2n) is 4.57. The van der Waals surface area contributed by atoms with Crippen molar-refractivity contribution in [1.82, 2.24) is 9.91 Å². The Morgan fingerprint density at radius 3 is 2.39 bits per heavy atom.